The van der Waals surface area contributed by atoms with Crippen LogP contribution in [0.5, 0.6) is 0 Å². The van der Waals surface area contributed by atoms with Gasteiger partial charge in [0, 0.05) is 30.4 Å². The smallest absolute Gasteiger partial charge is 0.254 e. The van der Waals surface area contributed by atoms with Crippen molar-refractivity contribution in [3.8, 4) is 22.8 Å². The molecule has 0 atom stereocenters. The van der Waals surface area contributed by atoms with Crippen molar-refractivity contribution >= 4 is 28.5 Å². The Hall–Kier alpha value is -2.36. The molecule has 0 fully saturated rings. The third-order valence-corrected chi connectivity index (χ3v) is 4.74. The molecule has 0 bridgehead atoms. The molecule has 1 aliphatic rings. The third kappa shape index (κ3) is 2.48. The molecular formula is C15H11IN6O. The van der Waals surface area contributed by atoms with Crippen LogP contribution in [0, 0.1) is 3.57 Å². The fraction of sp³-hybridized carbons (Fsp3) is 0.133. The Balaban J connectivity index is 1.82. The molecule has 23 heavy (non-hydrogen) atoms. The number of nitrogens with zero attached hydrogens (tertiary/aromatic N) is 4. The molecule has 1 amide bonds. The van der Waals surface area contributed by atoms with Gasteiger partial charge in [0.1, 0.15) is 0 Å². The summed E-state index contributed by atoms with van der Waals surface area (Å²) in [4.78, 5) is 24.3. The van der Waals surface area contributed by atoms with Gasteiger partial charge in [-0.1, -0.05) is 0 Å². The molecule has 0 unspecified atom stereocenters. The predicted molar refractivity (Wildman–Crippen MR) is 91.6 cm³/mol. The molecule has 1 aliphatic heterocycles. The van der Waals surface area contributed by atoms with Gasteiger partial charge in [-0.15, -0.1) is 0 Å². The summed E-state index contributed by atoms with van der Waals surface area (Å²) in [6.07, 6.45) is 5.72. The number of hydrogen-bond acceptors (Lipinski definition) is 5. The average Bonchev–Trinajstić information content (AvgIpc) is 2.94. The first-order valence-corrected chi connectivity index (χ1v) is 8.11. The minimum atomic E-state index is -0.0363. The molecule has 0 saturated heterocycles. The van der Waals surface area contributed by atoms with Crippen LogP contribution in [0.3, 0.4) is 0 Å². The number of halogens is 1. The molecule has 4 rings (SSSR count). The van der Waals surface area contributed by atoms with E-state index in [1.54, 1.807) is 18.6 Å². The number of rotatable bonds is 2. The maximum Gasteiger partial charge on any atom is 0.254 e. The van der Waals surface area contributed by atoms with E-state index in [-0.39, 0.29) is 5.91 Å². The van der Waals surface area contributed by atoms with Gasteiger partial charge in [-0.25, -0.2) is 9.97 Å². The van der Waals surface area contributed by atoms with Crippen molar-refractivity contribution in [1.82, 2.24) is 30.5 Å². The monoisotopic (exact) mass is 418 g/mol. The Kier molecular flexibility index (Phi) is 3.52. The fourth-order valence-electron chi connectivity index (χ4n) is 2.58. The van der Waals surface area contributed by atoms with Crippen LogP contribution in [0.15, 0.2) is 30.7 Å². The number of carbonyl (C=O) groups is 1. The predicted octanol–water partition coefficient (Wildman–Crippen LogP) is 1.82. The molecular weight excluding hydrogens is 407 g/mol. The molecule has 0 spiro atoms. The molecule has 0 radical (unpaired) electrons. The van der Waals surface area contributed by atoms with E-state index in [2.05, 4.69) is 53.1 Å². The molecule has 0 saturated carbocycles. The van der Waals surface area contributed by atoms with Crippen molar-refractivity contribution in [1.29, 1.82) is 0 Å². The summed E-state index contributed by atoms with van der Waals surface area (Å²) in [6.45, 7) is 0.652. The van der Waals surface area contributed by atoms with E-state index in [1.807, 2.05) is 12.1 Å². The quantitative estimate of drug-likeness (QED) is 0.619. The van der Waals surface area contributed by atoms with E-state index in [1.165, 1.54) is 0 Å². The lowest BCUT2D eigenvalue weighted by atomic mass is 10.1. The molecule has 0 aliphatic carbocycles. The van der Waals surface area contributed by atoms with Gasteiger partial charge in [0.15, 0.2) is 5.82 Å². The van der Waals surface area contributed by atoms with Gasteiger partial charge in [-0.05, 0) is 34.7 Å². The highest BCUT2D eigenvalue weighted by Gasteiger charge is 2.25. The standard InChI is InChI=1S/C15H11IN6O/c16-12-11-9(2-5-18-15(11)23)21-13(12)10-3-4-17-14(22-10)8-1-6-19-20-7-8/h1,3-4,6-7,21H,2,5H2,(H,18,23). The average molecular weight is 418 g/mol. The highest BCUT2D eigenvalue weighted by molar-refractivity contribution is 14.1. The van der Waals surface area contributed by atoms with E-state index in [4.69, 9.17) is 0 Å². The number of aromatic amines is 1. The van der Waals surface area contributed by atoms with Crippen molar-refractivity contribution in [2.45, 2.75) is 6.42 Å². The maximum atomic E-state index is 12.1. The summed E-state index contributed by atoms with van der Waals surface area (Å²) in [5.74, 6) is 0.538. The van der Waals surface area contributed by atoms with Crippen LogP contribution in [-0.4, -0.2) is 37.6 Å². The first kappa shape index (κ1) is 14.2. The van der Waals surface area contributed by atoms with Gasteiger partial charge in [0.2, 0.25) is 0 Å². The largest absolute Gasteiger partial charge is 0.356 e. The summed E-state index contributed by atoms with van der Waals surface area (Å²) < 4.78 is 0.882. The number of H-pyrrole nitrogens is 1. The van der Waals surface area contributed by atoms with Crippen LogP contribution in [0.25, 0.3) is 22.8 Å². The number of carbonyl (C=O) groups excluding carboxylic acids is 1. The first-order chi connectivity index (χ1) is 11.2. The number of aromatic nitrogens is 5. The number of fused-ring (bicyclic) bond motifs is 1. The van der Waals surface area contributed by atoms with Gasteiger partial charge >= 0.3 is 0 Å². The zero-order valence-corrected chi connectivity index (χ0v) is 14.0. The Morgan fingerprint density at radius 1 is 1.17 bits per heavy atom. The van der Waals surface area contributed by atoms with Crippen molar-refractivity contribution in [3.05, 3.63) is 45.6 Å². The molecule has 2 N–H and O–H groups in total. The molecule has 3 aromatic rings. The lowest BCUT2D eigenvalue weighted by Gasteiger charge is -2.11. The first-order valence-electron chi connectivity index (χ1n) is 7.03. The highest BCUT2D eigenvalue weighted by atomic mass is 127. The van der Waals surface area contributed by atoms with E-state index in [9.17, 15) is 4.79 Å². The number of amides is 1. The summed E-state index contributed by atoms with van der Waals surface area (Å²) >= 11 is 2.19. The number of hydrogen-bond donors (Lipinski definition) is 2. The lowest BCUT2D eigenvalue weighted by Crippen LogP contribution is -2.31. The Morgan fingerprint density at radius 2 is 2.09 bits per heavy atom. The van der Waals surface area contributed by atoms with Gasteiger partial charge in [0.25, 0.3) is 5.91 Å². The molecule has 7 nitrogen and oxygen atoms in total. The van der Waals surface area contributed by atoms with E-state index >= 15 is 0 Å². The Morgan fingerprint density at radius 3 is 2.87 bits per heavy atom. The fourth-order valence-corrected chi connectivity index (χ4v) is 3.56. The second-order valence-electron chi connectivity index (χ2n) is 5.07. The molecule has 3 aromatic heterocycles. The van der Waals surface area contributed by atoms with Crippen LogP contribution in [0.4, 0.5) is 0 Å². The van der Waals surface area contributed by atoms with Crippen molar-refractivity contribution in [2.75, 3.05) is 6.54 Å². The van der Waals surface area contributed by atoms with Gasteiger partial charge in [0.05, 0.1) is 32.9 Å². The maximum absolute atomic E-state index is 12.1. The SMILES string of the molecule is O=C1NCCc2[nH]c(-c3ccnc(-c4ccnnc4)n3)c(I)c21. The molecule has 8 heteroatoms. The summed E-state index contributed by atoms with van der Waals surface area (Å²) in [6, 6.07) is 3.64. The van der Waals surface area contributed by atoms with Crippen molar-refractivity contribution in [3.63, 3.8) is 0 Å². The highest BCUT2D eigenvalue weighted by Crippen LogP contribution is 2.30. The third-order valence-electron chi connectivity index (χ3n) is 3.66. The summed E-state index contributed by atoms with van der Waals surface area (Å²) in [5, 5.41) is 10.5. The van der Waals surface area contributed by atoms with Crippen LogP contribution in [-0.2, 0) is 6.42 Å². The molecule has 4 heterocycles. The minimum Gasteiger partial charge on any atom is -0.356 e. The van der Waals surface area contributed by atoms with E-state index in [0.29, 0.717) is 12.4 Å². The second kappa shape index (κ2) is 5.69. The van der Waals surface area contributed by atoms with Crippen molar-refractivity contribution in [2.24, 2.45) is 0 Å². The lowest BCUT2D eigenvalue weighted by molar-refractivity contribution is 0.0945. The van der Waals surface area contributed by atoms with Crippen molar-refractivity contribution < 1.29 is 4.79 Å². The van der Waals surface area contributed by atoms with Gasteiger partial charge in [-0.3, -0.25) is 4.79 Å². The normalized spacial score (nSPS) is 13.5. The number of nitrogens with one attached hydrogen (secondary N) is 2. The van der Waals surface area contributed by atoms with Crippen LogP contribution < -0.4 is 5.32 Å². The van der Waals surface area contributed by atoms with Gasteiger partial charge < -0.3 is 10.3 Å². The zero-order valence-electron chi connectivity index (χ0n) is 11.9. The molecule has 0 aromatic carbocycles. The topological polar surface area (TPSA) is 96.5 Å². The Labute approximate surface area is 145 Å². The zero-order chi connectivity index (χ0) is 15.8. The second-order valence-corrected chi connectivity index (χ2v) is 6.15. The van der Waals surface area contributed by atoms with E-state index in [0.717, 1.165) is 38.2 Å². The van der Waals surface area contributed by atoms with Crippen LogP contribution >= 0.6 is 22.6 Å². The minimum absolute atomic E-state index is 0.0363. The van der Waals surface area contributed by atoms with Gasteiger partial charge in [-0.2, -0.15) is 10.2 Å². The summed E-state index contributed by atoms with van der Waals surface area (Å²) in [5.41, 5.74) is 4.07. The Bertz CT molecular complexity index is 892. The van der Waals surface area contributed by atoms with E-state index < -0.39 is 0 Å². The van der Waals surface area contributed by atoms with Crippen LogP contribution in [0.1, 0.15) is 16.1 Å². The summed E-state index contributed by atoms with van der Waals surface area (Å²) in [7, 11) is 0. The van der Waals surface area contributed by atoms with Crippen LogP contribution in [0.2, 0.25) is 0 Å². The molecule has 114 valence electrons.